The van der Waals surface area contributed by atoms with Crippen molar-refractivity contribution in [2.75, 3.05) is 12.3 Å². The van der Waals surface area contributed by atoms with Crippen LogP contribution in [0.2, 0.25) is 0 Å². The molecule has 1 atom stereocenters. The number of rotatable bonds is 1. The predicted molar refractivity (Wildman–Crippen MR) is 65.3 cm³/mol. The van der Waals surface area contributed by atoms with Crippen LogP contribution in [0.15, 0.2) is 6.33 Å². The van der Waals surface area contributed by atoms with Gasteiger partial charge in [-0.15, -0.1) is 0 Å². The van der Waals surface area contributed by atoms with Gasteiger partial charge in [-0.2, -0.15) is 0 Å². The van der Waals surface area contributed by atoms with E-state index in [2.05, 4.69) is 25.3 Å². The van der Waals surface area contributed by atoms with Gasteiger partial charge in [0.15, 0.2) is 11.5 Å². The minimum atomic E-state index is 0.283. The van der Waals surface area contributed by atoms with Crippen LogP contribution in [-0.2, 0) is 0 Å². The van der Waals surface area contributed by atoms with Gasteiger partial charge in [0, 0.05) is 0 Å². The number of aromatic nitrogens is 4. The van der Waals surface area contributed by atoms with Gasteiger partial charge in [0.05, 0.1) is 6.04 Å². The fourth-order valence-corrected chi connectivity index (χ4v) is 2.29. The fraction of sp³-hybridized carbons (Fsp3) is 0.545. The number of nitrogens with two attached hydrogens (primary N) is 1. The van der Waals surface area contributed by atoms with Crippen molar-refractivity contribution in [1.29, 1.82) is 0 Å². The molecule has 6 heteroatoms. The highest BCUT2D eigenvalue weighted by Gasteiger charge is 2.18. The van der Waals surface area contributed by atoms with Crippen molar-refractivity contribution in [3.63, 3.8) is 0 Å². The first-order chi connectivity index (χ1) is 8.34. The standard InChI is InChI=1S/C11H16N6/c12-9-8-11(15-6-14-9)17-10(16-8)7-4-2-1-3-5-13-7/h6-7,13H,1-5H2,(H3,12,14,15,16,17). The highest BCUT2D eigenvalue weighted by atomic mass is 15.1. The Kier molecular flexibility index (Phi) is 2.64. The second kappa shape index (κ2) is 4.29. The molecule has 1 saturated heterocycles. The number of anilines is 1. The van der Waals surface area contributed by atoms with Gasteiger partial charge in [-0.1, -0.05) is 12.8 Å². The zero-order valence-corrected chi connectivity index (χ0v) is 9.61. The van der Waals surface area contributed by atoms with Crippen molar-refractivity contribution in [1.82, 2.24) is 25.3 Å². The van der Waals surface area contributed by atoms with Gasteiger partial charge in [0.2, 0.25) is 0 Å². The maximum Gasteiger partial charge on any atom is 0.183 e. The summed E-state index contributed by atoms with van der Waals surface area (Å²) in [5.41, 5.74) is 7.18. The second-order valence-electron chi connectivity index (χ2n) is 4.44. The molecule has 1 aliphatic rings. The van der Waals surface area contributed by atoms with E-state index in [0.29, 0.717) is 11.5 Å². The van der Waals surface area contributed by atoms with E-state index >= 15 is 0 Å². The summed E-state index contributed by atoms with van der Waals surface area (Å²) in [5.74, 6) is 1.39. The van der Waals surface area contributed by atoms with Crippen molar-refractivity contribution in [3.8, 4) is 0 Å². The molecule has 0 spiro atoms. The molecule has 1 aliphatic heterocycles. The van der Waals surface area contributed by atoms with Gasteiger partial charge in [-0.05, 0) is 19.4 Å². The Labute approximate surface area is 99.1 Å². The number of aromatic amines is 1. The molecule has 3 rings (SSSR count). The number of fused-ring (bicyclic) bond motifs is 1. The largest absolute Gasteiger partial charge is 0.382 e. The summed E-state index contributed by atoms with van der Waals surface area (Å²) in [6.45, 7) is 1.04. The lowest BCUT2D eigenvalue weighted by Crippen LogP contribution is -2.21. The van der Waals surface area contributed by atoms with Crippen molar-refractivity contribution >= 4 is 17.0 Å². The third-order valence-corrected chi connectivity index (χ3v) is 3.23. The second-order valence-corrected chi connectivity index (χ2v) is 4.44. The first-order valence-corrected chi connectivity index (χ1v) is 6.04. The number of nitrogens with zero attached hydrogens (tertiary/aromatic N) is 3. The molecule has 6 nitrogen and oxygen atoms in total. The third kappa shape index (κ3) is 1.95. The Morgan fingerprint density at radius 2 is 2.18 bits per heavy atom. The van der Waals surface area contributed by atoms with Gasteiger partial charge in [0.25, 0.3) is 0 Å². The van der Waals surface area contributed by atoms with E-state index in [-0.39, 0.29) is 6.04 Å². The van der Waals surface area contributed by atoms with E-state index in [1.165, 1.54) is 25.6 Å². The van der Waals surface area contributed by atoms with Crippen LogP contribution in [0, 0.1) is 0 Å². The number of hydrogen-bond donors (Lipinski definition) is 3. The van der Waals surface area contributed by atoms with Crippen LogP contribution in [0.3, 0.4) is 0 Å². The highest BCUT2D eigenvalue weighted by molar-refractivity contribution is 5.81. The normalized spacial score (nSPS) is 21.5. The van der Waals surface area contributed by atoms with Crippen LogP contribution in [-0.4, -0.2) is 26.5 Å². The Morgan fingerprint density at radius 3 is 3.06 bits per heavy atom. The maximum atomic E-state index is 5.79. The summed E-state index contributed by atoms with van der Waals surface area (Å²) >= 11 is 0. The Bertz CT molecular complexity index is 512. The number of nitrogen functional groups attached to an aromatic ring is 1. The lowest BCUT2D eigenvalue weighted by Gasteiger charge is -2.11. The molecule has 1 unspecified atom stereocenters. The molecule has 0 radical (unpaired) electrons. The van der Waals surface area contributed by atoms with Crippen LogP contribution in [0.1, 0.15) is 37.5 Å². The zero-order valence-electron chi connectivity index (χ0n) is 9.61. The monoisotopic (exact) mass is 232 g/mol. The first-order valence-electron chi connectivity index (χ1n) is 6.04. The van der Waals surface area contributed by atoms with Crippen molar-refractivity contribution in [2.24, 2.45) is 0 Å². The predicted octanol–water partition coefficient (Wildman–Crippen LogP) is 1.14. The third-order valence-electron chi connectivity index (χ3n) is 3.23. The Balaban J connectivity index is 1.96. The lowest BCUT2D eigenvalue weighted by atomic mass is 10.1. The zero-order chi connectivity index (χ0) is 11.7. The van der Waals surface area contributed by atoms with E-state index in [4.69, 9.17) is 5.73 Å². The van der Waals surface area contributed by atoms with Crippen LogP contribution in [0.4, 0.5) is 5.82 Å². The van der Waals surface area contributed by atoms with Crippen LogP contribution in [0.5, 0.6) is 0 Å². The van der Waals surface area contributed by atoms with Gasteiger partial charge < -0.3 is 16.0 Å². The minimum absolute atomic E-state index is 0.283. The average Bonchev–Trinajstić information content (AvgIpc) is 2.59. The van der Waals surface area contributed by atoms with Crippen molar-refractivity contribution in [3.05, 3.63) is 12.2 Å². The quantitative estimate of drug-likeness (QED) is 0.685. The molecule has 0 saturated carbocycles. The molecule has 0 amide bonds. The molecule has 3 heterocycles. The summed E-state index contributed by atoms with van der Waals surface area (Å²) in [4.78, 5) is 15.8. The fourth-order valence-electron chi connectivity index (χ4n) is 2.29. The number of nitrogens with one attached hydrogen (secondary N) is 2. The molecule has 0 bridgehead atoms. The molecule has 1 fully saturated rings. The van der Waals surface area contributed by atoms with E-state index < -0.39 is 0 Å². The lowest BCUT2D eigenvalue weighted by molar-refractivity contribution is 0.513. The Hall–Kier alpha value is -1.69. The maximum absolute atomic E-state index is 5.79. The smallest absolute Gasteiger partial charge is 0.183 e. The number of hydrogen-bond acceptors (Lipinski definition) is 5. The molecule has 4 N–H and O–H groups in total. The van der Waals surface area contributed by atoms with Crippen LogP contribution >= 0.6 is 0 Å². The topological polar surface area (TPSA) is 92.5 Å². The molecular weight excluding hydrogens is 216 g/mol. The van der Waals surface area contributed by atoms with Crippen LogP contribution < -0.4 is 11.1 Å². The molecule has 90 valence electrons. The van der Waals surface area contributed by atoms with Gasteiger partial charge >= 0.3 is 0 Å². The number of imidazole rings is 1. The molecule has 0 aromatic carbocycles. The highest BCUT2D eigenvalue weighted by Crippen LogP contribution is 2.23. The van der Waals surface area contributed by atoms with Gasteiger partial charge in [-0.25, -0.2) is 15.0 Å². The van der Waals surface area contributed by atoms with E-state index in [0.717, 1.165) is 24.3 Å². The summed E-state index contributed by atoms with van der Waals surface area (Å²) < 4.78 is 0. The van der Waals surface area contributed by atoms with Crippen molar-refractivity contribution in [2.45, 2.75) is 31.7 Å². The van der Waals surface area contributed by atoms with Crippen molar-refractivity contribution < 1.29 is 0 Å². The minimum Gasteiger partial charge on any atom is -0.382 e. The van der Waals surface area contributed by atoms with Crippen LogP contribution in [0.25, 0.3) is 11.2 Å². The summed E-state index contributed by atoms with van der Waals surface area (Å²) in [6, 6.07) is 0.283. The molecular formula is C11H16N6. The van der Waals surface area contributed by atoms with Gasteiger partial charge in [0.1, 0.15) is 17.7 Å². The van der Waals surface area contributed by atoms with Gasteiger partial charge in [-0.3, -0.25) is 0 Å². The average molecular weight is 232 g/mol. The SMILES string of the molecule is Nc1ncnc2nc(C3CCCCCN3)[nH]c12. The molecule has 0 aliphatic carbocycles. The first kappa shape index (κ1) is 10.5. The Morgan fingerprint density at radius 1 is 1.24 bits per heavy atom. The molecule has 17 heavy (non-hydrogen) atoms. The van der Waals surface area contributed by atoms with E-state index in [1.807, 2.05) is 0 Å². The molecule has 2 aromatic heterocycles. The van der Waals surface area contributed by atoms with E-state index in [1.54, 1.807) is 0 Å². The summed E-state index contributed by atoms with van der Waals surface area (Å²) in [6.07, 6.45) is 6.30. The summed E-state index contributed by atoms with van der Waals surface area (Å²) in [5, 5.41) is 3.50. The summed E-state index contributed by atoms with van der Waals surface area (Å²) in [7, 11) is 0. The molecule has 2 aromatic rings. The van der Waals surface area contributed by atoms with E-state index in [9.17, 15) is 0 Å². The number of H-pyrrole nitrogens is 1.